The molecule has 0 saturated carbocycles. The lowest BCUT2D eigenvalue weighted by Crippen LogP contribution is -2.34. The Balaban J connectivity index is 4.19. The summed E-state index contributed by atoms with van der Waals surface area (Å²) in [7, 11) is -3.16. The molecule has 86 valence electrons. The van der Waals surface area contributed by atoms with Crippen molar-refractivity contribution in [3.63, 3.8) is 0 Å². The molecule has 0 aliphatic heterocycles. The molecule has 0 aromatic rings. The van der Waals surface area contributed by atoms with E-state index >= 15 is 0 Å². The molecule has 0 saturated heterocycles. The van der Waals surface area contributed by atoms with Gasteiger partial charge in [-0.25, -0.2) is 12.7 Å². The van der Waals surface area contributed by atoms with Gasteiger partial charge in [0.1, 0.15) is 0 Å². The van der Waals surface area contributed by atoms with Crippen LogP contribution in [0.3, 0.4) is 0 Å². The summed E-state index contributed by atoms with van der Waals surface area (Å²) in [5.74, 6) is 0.1000. The Morgan fingerprint density at radius 3 is 2.43 bits per heavy atom. The number of aliphatic hydroxyl groups excluding tert-OH is 1. The van der Waals surface area contributed by atoms with Gasteiger partial charge in [0.2, 0.25) is 10.0 Å². The fourth-order valence-electron chi connectivity index (χ4n) is 1.14. The van der Waals surface area contributed by atoms with E-state index in [0.717, 1.165) is 0 Å². The molecule has 0 heterocycles. The molecule has 3 N–H and O–H groups in total. The molecule has 0 radical (unpaired) electrons. The first-order valence-corrected chi connectivity index (χ1v) is 6.48. The molecule has 0 aliphatic rings. The van der Waals surface area contributed by atoms with Crippen molar-refractivity contribution in [2.75, 3.05) is 32.0 Å². The average molecular weight is 224 g/mol. The molecule has 5 nitrogen and oxygen atoms in total. The second kappa shape index (κ2) is 7.17. The zero-order valence-electron chi connectivity index (χ0n) is 8.65. The molecule has 14 heavy (non-hydrogen) atoms. The van der Waals surface area contributed by atoms with Crippen molar-refractivity contribution in [1.82, 2.24) is 4.31 Å². The molecule has 0 aromatic carbocycles. The van der Waals surface area contributed by atoms with E-state index in [1.165, 1.54) is 4.31 Å². The van der Waals surface area contributed by atoms with Gasteiger partial charge in [-0.3, -0.25) is 0 Å². The predicted octanol–water partition coefficient (Wildman–Crippen LogP) is -0.631. The fraction of sp³-hybridized carbons (Fsp3) is 1.00. The Bertz CT molecular complexity index is 229. The highest BCUT2D eigenvalue weighted by Gasteiger charge is 2.18. The molecule has 6 heteroatoms. The van der Waals surface area contributed by atoms with Crippen LogP contribution in [0.4, 0.5) is 0 Å². The minimum absolute atomic E-state index is 0.0168. The zero-order chi connectivity index (χ0) is 11.0. The molecule has 0 aliphatic carbocycles. The minimum atomic E-state index is -3.16. The van der Waals surface area contributed by atoms with Gasteiger partial charge in [-0.1, -0.05) is 6.92 Å². The standard InChI is InChI=1S/C8H20N2O3S/c1-2-10(6-4-7-11)14(12,13)8-3-5-9/h11H,2-9H2,1H3. The quantitative estimate of drug-likeness (QED) is 0.575. The van der Waals surface area contributed by atoms with Gasteiger partial charge in [0.25, 0.3) is 0 Å². The number of sulfonamides is 1. The summed E-state index contributed by atoms with van der Waals surface area (Å²) in [5.41, 5.74) is 5.25. The van der Waals surface area contributed by atoms with Crippen LogP contribution in [0.5, 0.6) is 0 Å². The Morgan fingerprint density at radius 2 is 2.00 bits per heavy atom. The number of hydrogen-bond acceptors (Lipinski definition) is 4. The molecule has 0 atom stereocenters. The van der Waals surface area contributed by atoms with Crippen molar-refractivity contribution in [1.29, 1.82) is 0 Å². The van der Waals surface area contributed by atoms with Crippen LogP contribution in [-0.2, 0) is 10.0 Å². The maximum Gasteiger partial charge on any atom is 0.214 e. The molecule has 0 amide bonds. The summed E-state index contributed by atoms with van der Waals surface area (Å²) in [5, 5.41) is 8.61. The van der Waals surface area contributed by atoms with Crippen LogP contribution in [0.1, 0.15) is 19.8 Å². The highest BCUT2D eigenvalue weighted by Crippen LogP contribution is 2.03. The molecular weight excluding hydrogens is 204 g/mol. The van der Waals surface area contributed by atoms with E-state index in [9.17, 15) is 8.42 Å². The lowest BCUT2D eigenvalue weighted by Gasteiger charge is -2.19. The van der Waals surface area contributed by atoms with Crippen LogP contribution in [0.2, 0.25) is 0 Å². The van der Waals surface area contributed by atoms with E-state index < -0.39 is 10.0 Å². The lowest BCUT2D eigenvalue weighted by molar-refractivity contribution is 0.271. The van der Waals surface area contributed by atoms with Crippen molar-refractivity contribution in [3.05, 3.63) is 0 Å². The van der Waals surface area contributed by atoms with Crippen molar-refractivity contribution in [2.24, 2.45) is 5.73 Å². The smallest absolute Gasteiger partial charge is 0.214 e. The highest BCUT2D eigenvalue weighted by atomic mass is 32.2. The average Bonchev–Trinajstić information content (AvgIpc) is 2.16. The van der Waals surface area contributed by atoms with Gasteiger partial charge in [0.05, 0.1) is 5.75 Å². The summed E-state index contributed by atoms with van der Waals surface area (Å²) in [6.07, 6.45) is 0.966. The van der Waals surface area contributed by atoms with E-state index in [1.807, 2.05) is 0 Å². The molecule has 0 spiro atoms. The molecule has 0 rings (SSSR count). The summed E-state index contributed by atoms with van der Waals surface area (Å²) in [6, 6.07) is 0. The second-order valence-corrected chi connectivity index (χ2v) is 5.12. The SMILES string of the molecule is CCN(CCCO)S(=O)(=O)CCCN. The summed E-state index contributed by atoms with van der Waals surface area (Å²) < 4.78 is 24.6. The maximum absolute atomic E-state index is 11.6. The number of nitrogens with zero attached hydrogens (tertiary/aromatic N) is 1. The van der Waals surface area contributed by atoms with E-state index in [4.69, 9.17) is 10.8 Å². The number of hydrogen-bond donors (Lipinski definition) is 2. The van der Waals surface area contributed by atoms with Gasteiger partial charge in [0.15, 0.2) is 0 Å². The first kappa shape index (κ1) is 13.8. The number of nitrogens with two attached hydrogens (primary N) is 1. The van der Waals surface area contributed by atoms with Crippen LogP contribution in [0.15, 0.2) is 0 Å². The summed E-state index contributed by atoms with van der Waals surface area (Å²) >= 11 is 0. The zero-order valence-corrected chi connectivity index (χ0v) is 9.46. The topological polar surface area (TPSA) is 83.6 Å². The van der Waals surface area contributed by atoms with Crippen LogP contribution < -0.4 is 5.73 Å². The van der Waals surface area contributed by atoms with Crippen LogP contribution >= 0.6 is 0 Å². The van der Waals surface area contributed by atoms with Crippen molar-refractivity contribution < 1.29 is 13.5 Å². The normalized spacial score (nSPS) is 12.3. The number of rotatable bonds is 8. The molecule has 0 aromatic heterocycles. The van der Waals surface area contributed by atoms with Gasteiger partial charge in [0, 0.05) is 19.7 Å². The van der Waals surface area contributed by atoms with E-state index in [-0.39, 0.29) is 12.4 Å². The molecule has 0 fully saturated rings. The Morgan fingerprint density at radius 1 is 1.36 bits per heavy atom. The third-order valence-electron chi connectivity index (χ3n) is 1.92. The molecule has 0 bridgehead atoms. The van der Waals surface area contributed by atoms with Gasteiger partial charge in [-0.05, 0) is 19.4 Å². The van der Waals surface area contributed by atoms with Crippen molar-refractivity contribution >= 4 is 10.0 Å². The van der Waals surface area contributed by atoms with E-state index in [1.54, 1.807) is 6.92 Å². The lowest BCUT2D eigenvalue weighted by atomic mass is 10.4. The van der Waals surface area contributed by atoms with Crippen molar-refractivity contribution in [3.8, 4) is 0 Å². The predicted molar refractivity (Wildman–Crippen MR) is 56.4 cm³/mol. The minimum Gasteiger partial charge on any atom is -0.396 e. The third-order valence-corrected chi connectivity index (χ3v) is 3.95. The molecule has 0 unspecified atom stereocenters. The van der Waals surface area contributed by atoms with Crippen LogP contribution in [0, 0.1) is 0 Å². The van der Waals surface area contributed by atoms with Crippen LogP contribution in [-0.4, -0.2) is 49.8 Å². The Labute approximate surface area is 85.9 Å². The first-order valence-electron chi connectivity index (χ1n) is 4.87. The van der Waals surface area contributed by atoms with Gasteiger partial charge < -0.3 is 10.8 Å². The van der Waals surface area contributed by atoms with Gasteiger partial charge >= 0.3 is 0 Å². The monoisotopic (exact) mass is 224 g/mol. The highest BCUT2D eigenvalue weighted by molar-refractivity contribution is 7.89. The summed E-state index contributed by atoms with van der Waals surface area (Å²) in [4.78, 5) is 0. The second-order valence-electron chi connectivity index (χ2n) is 3.03. The van der Waals surface area contributed by atoms with Crippen molar-refractivity contribution in [2.45, 2.75) is 19.8 Å². The Kier molecular flexibility index (Phi) is 7.08. The Hall–Kier alpha value is -0.170. The van der Waals surface area contributed by atoms with E-state index in [0.29, 0.717) is 32.5 Å². The number of aliphatic hydroxyl groups is 1. The van der Waals surface area contributed by atoms with Crippen LogP contribution in [0.25, 0.3) is 0 Å². The first-order chi connectivity index (χ1) is 6.58. The van der Waals surface area contributed by atoms with Gasteiger partial charge in [-0.2, -0.15) is 0 Å². The maximum atomic E-state index is 11.6. The largest absolute Gasteiger partial charge is 0.396 e. The summed E-state index contributed by atoms with van der Waals surface area (Å²) in [6.45, 7) is 3.03. The molecular formula is C8H20N2O3S. The fourth-order valence-corrected chi connectivity index (χ4v) is 2.73. The van der Waals surface area contributed by atoms with Gasteiger partial charge in [-0.15, -0.1) is 0 Å². The third kappa shape index (κ3) is 4.90. The van der Waals surface area contributed by atoms with E-state index in [2.05, 4.69) is 0 Å².